The second kappa shape index (κ2) is 8.86. The van der Waals surface area contributed by atoms with Crippen LogP contribution >= 0.6 is 35.0 Å². The van der Waals surface area contributed by atoms with Gasteiger partial charge in [-0.2, -0.15) is 18.4 Å². The van der Waals surface area contributed by atoms with Gasteiger partial charge < -0.3 is 4.74 Å². The van der Waals surface area contributed by atoms with Gasteiger partial charge >= 0.3 is 6.18 Å². The molecular weight excluding hydrogens is 448 g/mol. The summed E-state index contributed by atoms with van der Waals surface area (Å²) in [6.07, 6.45) is -1.70. The Morgan fingerprint density at radius 1 is 1.14 bits per heavy atom. The van der Waals surface area contributed by atoms with Crippen molar-refractivity contribution >= 4 is 45.8 Å². The van der Waals surface area contributed by atoms with Gasteiger partial charge in [0, 0.05) is 6.07 Å². The summed E-state index contributed by atoms with van der Waals surface area (Å²) >= 11 is 12.8. The fraction of sp³-hybridized carbons (Fsp3) is 0.125. The predicted molar refractivity (Wildman–Crippen MR) is 97.3 cm³/mol. The van der Waals surface area contributed by atoms with Crippen molar-refractivity contribution in [2.24, 2.45) is 4.99 Å². The van der Waals surface area contributed by atoms with Crippen molar-refractivity contribution < 1.29 is 26.7 Å². The first-order chi connectivity index (χ1) is 13.1. The summed E-state index contributed by atoms with van der Waals surface area (Å²) in [5.74, 6) is -4.53. The van der Waals surface area contributed by atoms with Crippen LogP contribution in [0.25, 0.3) is 0 Å². The minimum atomic E-state index is -4.94. The molecule has 12 heteroatoms. The Balaban J connectivity index is 2.55. The molecule has 0 aromatic heterocycles. The molecule has 0 spiro atoms. The van der Waals surface area contributed by atoms with E-state index in [1.54, 1.807) is 12.4 Å². The monoisotopic (exact) mass is 455 g/mol. The maximum Gasteiger partial charge on any atom is 0.416 e. The van der Waals surface area contributed by atoms with Crippen LogP contribution in [0.4, 0.5) is 27.6 Å². The minimum absolute atomic E-state index is 0.0264. The Morgan fingerprint density at radius 2 is 1.71 bits per heavy atom. The average Bonchev–Trinajstić information content (AvgIpc) is 2.60. The van der Waals surface area contributed by atoms with Gasteiger partial charge in [0.15, 0.2) is 34.5 Å². The number of rotatable bonds is 3. The molecule has 2 rings (SSSR count). The van der Waals surface area contributed by atoms with Gasteiger partial charge in [-0.1, -0.05) is 35.0 Å². The van der Waals surface area contributed by atoms with E-state index in [9.17, 15) is 22.0 Å². The Bertz CT molecular complexity index is 953. The van der Waals surface area contributed by atoms with E-state index in [0.29, 0.717) is 0 Å². The summed E-state index contributed by atoms with van der Waals surface area (Å²) in [4.78, 5) is 4.03. The summed E-state index contributed by atoms with van der Waals surface area (Å²) < 4.78 is 71.2. The molecular formula is C16H8Cl2F5N3OS. The average molecular weight is 456 g/mol. The molecule has 0 atom stereocenters. The Kier molecular flexibility index (Phi) is 6.98. The van der Waals surface area contributed by atoms with Crippen LogP contribution in [-0.2, 0) is 6.18 Å². The zero-order valence-corrected chi connectivity index (χ0v) is 16.0. The number of amidine groups is 1. The zero-order valence-electron chi connectivity index (χ0n) is 13.7. The molecule has 4 nitrogen and oxygen atoms in total. The fourth-order valence-corrected chi connectivity index (χ4v) is 2.55. The number of ether oxygens (including phenoxy) is 1. The highest BCUT2D eigenvalue weighted by Crippen LogP contribution is 2.41. The lowest BCUT2D eigenvalue weighted by atomic mass is 10.2. The number of nitrogens with one attached hydrogen (secondary N) is 1. The normalized spacial score (nSPS) is 11.9. The maximum absolute atomic E-state index is 14.1. The molecule has 0 radical (unpaired) electrons. The quantitative estimate of drug-likeness (QED) is 0.188. The van der Waals surface area contributed by atoms with Crippen LogP contribution in [0.2, 0.25) is 10.0 Å². The summed E-state index contributed by atoms with van der Waals surface area (Å²) in [7, 11) is 0. The second-order valence-electron chi connectivity index (χ2n) is 4.96. The lowest BCUT2D eigenvalue weighted by molar-refractivity contribution is -0.138. The van der Waals surface area contributed by atoms with Gasteiger partial charge in [-0.15, -0.1) is 0 Å². The minimum Gasteiger partial charge on any atom is -0.449 e. The molecule has 2 aromatic carbocycles. The van der Waals surface area contributed by atoms with Crippen LogP contribution in [0.15, 0.2) is 29.3 Å². The van der Waals surface area contributed by atoms with Gasteiger partial charge in [-0.25, -0.2) is 13.8 Å². The number of thioether (sulfide) groups is 1. The van der Waals surface area contributed by atoms with Crippen molar-refractivity contribution in [2.75, 3.05) is 6.26 Å². The van der Waals surface area contributed by atoms with Gasteiger partial charge in [-0.05, 0) is 24.5 Å². The molecule has 0 bridgehead atoms. The van der Waals surface area contributed by atoms with Crippen molar-refractivity contribution in [2.45, 2.75) is 6.18 Å². The van der Waals surface area contributed by atoms with E-state index in [1.165, 1.54) is 6.07 Å². The van der Waals surface area contributed by atoms with Gasteiger partial charge in [0.1, 0.15) is 5.69 Å². The summed E-state index contributed by atoms with van der Waals surface area (Å²) in [6.45, 7) is 0. The van der Waals surface area contributed by atoms with Crippen LogP contribution in [0.3, 0.4) is 0 Å². The third-order valence-electron chi connectivity index (χ3n) is 3.12. The Hall–Kier alpha value is -2.22. The standard InChI is InChI=1S/C16H8Cl2F5N3OS/c1-28-15(25-6-24)26-12-4-8(17)9(18)5-13(12)27-14-10(19)2-7(3-11(14)20)16(21,22)23/h2-5H,1H3,(H,25,26). The summed E-state index contributed by atoms with van der Waals surface area (Å²) in [5, 5.41) is 11.0. The third kappa shape index (κ3) is 5.19. The Labute approximate surface area is 169 Å². The molecule has 0 aliphatic heterocycles. The molecule has 1 N–H and O–H groups in total. The second-order valence-corrected chi connectivity index (χ2v) is 6.57. The van der Waals surface area contributed by atoms with Crippen molar-refractivity contribution in [1.82, 2.24) is 5.32 Å². The highest BCUT2D eigenvalue weighted by Gasteiger charge is 2.33. The van der Waals surface area contributed by atoms with Gasteiger partial charge in [0.25, 0.3) is 0 Å². The first kappa shape index (κ1) is 22.1. The first-order valence-corrected chi connectivity index (χ1v) is 9.05. The predicted octanol–water partition coefficient (Wildman–Crippen LogP) is 6.50. The van der Waals surface area contributed by atoms with Crippen LogP contribution in [0, 0.1) is 23.1 Å². The van der Waals surface area contributed by atoms with E-state index in [2.05, 4.69) is 10.3 Å². The molecule has 148 valence electrons. The lowest BCUT2D eigenvalue weighted by Gasteiger charge is -2.14. The summed E-state index contributed by atoms with van der Waals surface area (Å²) in [6, 6.07) is 2.49. The zero-order chi connectivity index (χ0) is 21.1. The molecule has 0 saturated heterocycles. The third-order valence-corrected chi connectivity index (χ3v) is 4.42. The van der Waals surface area contributed by atoms with E-state index >= 15 is 0 Å². The number of hydrogen-bond acceptors (Lipinski definition) is 4. The van der Waals surface area contributed by atoms with Crippen molar-refractivity contribution in [1.29, 1.82) is 5.26 Å². The molecule has 0 aliphatic carbocycles. The maximum atomic E-state index is 14.1. The van der Waals surface area contributed by atoms with Crippen molar-refractivity contribution in [3.63, 3.8) is 0 Å². The SMILES string of the molecule is CSC(=Nc1cc(Cl)c(Cl)cc1Oc1c(F)cc(C(F)(F)F)cc1F)NC#N. The number of nitriles is 1. The lowest BCUT2D eigenvalue weighted by Crippen LogP contribution is -2.12. The van der Waals surface area contributed by atoms with Crippen LogP contribution in [-0.4, -0.2) is 11.4 Å². The van der Waals surface area contributed by atoms with Crippen molar-refractivity contribution in [3.8, 4) is 17.7 Å². The van der Waals surface area contributed by atoms with Gasteiger partial charge in [0.05, 0.1) is 15.6 Å². The molecule has 0 heterocycles. The van der Waals surface area contributed by atoms with Crippen LogP contribution in [0.5, 0.6) is 11.5 Å². The molecule has 0 aliphatic rings. The molecule has 28 heavy (non-hydrogen) atoms. The number of halogens is 7. The van der Waals surface area contributed by atoms with E-state index in [4.69, 9.17) is 33.2 Å². The number of aliphatic imine (C=N–C) groups is 1. The van der Waals surface area contributed by atoms with Gasteiger partial charge in [0.2, 0.25) is 0 Å². The molecule has 0 saturated carbocycles. The van der Waals surface area contributed by atoms with E-state index in [1.807, 2.05) is 0 Å². The number of benzene rings is 2. The molecule has 2 aromatic rings. The van der Waals surface area contributed by atoms with E-state index in [0.717, 1.165) is 17.8 Å². The smallest absolute Gasteiger partial charge is 0.416 e. The molecule has 0 fully saturated rings. The highest BCUT2D eigenvalue weighted by atomic mass is 35.5. The van der Waals surface area contributed by atoms with Crippen LogP contribution in [0.1, 0.15) is 5.56 Å². The van der Waals surface area contributed by atoms with E-state index < -0.39 is 29.1 Å². The molecule has 0 unspecified atom stereocenters. The first-order valence-electron chi connectivity index (χ1n) is 7.07. The largest absolute Gasteiger partial charge is 0.449 e. The van der Waals surface area contributed by atoms with Crippen LogP contribution < -0.4 is 10.1 Å². The number of nitrogens with zero attached hydrogens (tertiary/aromatic N) is 2. The van der Waals surface area contributed by atoms with Crippen molar-refractivity contribution in [3.05, 3.63) is 51.5 Å². The topological polar surface area (TPSA) is 57.4 Å². The fourth-order valence-electron chi connectivity index (χ4n) is 1.90. The van der Waals surface area contributed by atoms with Gasteiger partial charge in [-0.3, -0.25) is 5.32 Å². The highest BCUT2D eigenvalue weighted by molar-refractivity contribution is 8.13. The number of hydrogen-bond donors (Lipinski definition) is 1. The van der Waals surface area contributed by atoms with E-state index in [-0.39, 0.29) is 38.8 Å². The summed E-state index contributed by atoms with van der Waals surface area (Å²) in [5.41, 5.74) is -1.58. The molecule has 0 amide bonds. The number of alkyl halides is 3. The Morgan fingerprint density at radius 3 is 2.21 bits per heavy atom.